The Morgan fingerprint density at radius 2 is 1.19 bits per heavy atom. The first-order chi connectivity index (χ1) is 14.7. The highest BCUT2D eigenvalue weighted by Gasteiger charge is 2.63. The average Bonchev–Trinajstić information content (AvgIpc) is 3.15. The lowest BCUT2D eigenvalue weighted by Crippen LogP contribution is -2.52. The van der Waals surface area contributed by atoms with Crippen molar-refractivity contribution in [1.29, 1.82) is 0 Å². The number of halogens is 1. The molecule has 0 aliphatic heterocycles. The van der Waals surface area contributed by atoms with Gasteiger partial charge in [-0.1, -0.05) is 48.5 Å². The predicted octanol–water partition coefficient (Wildman–Crippen LogP) is 3.62. The van der Waals surface area contributed by atoms with E-state index in [0.717, 1.165) is 0 Å². The van der Waals surface area contributed by atoms with Crippen molar-refractivity contribution in [2.45, 2.75) is 26.4 Å². The summed E-state index contributed by atoms with van der Waals surface area (Å²) < 4.78 is 65.9. The Kier molecular flexibility index (Phi) is 5.33. The Morgan fingerprint density at radius 3 is 1.65 bits per heavy atom. The fraction of sp³-hybridized carbons (Fsp3) is 0.130. The zero-order valence-electron chi connectivity index (χ0n) is 16.2. The van der Waals surface area contributed by atoms with Crippen LogP contribution >= 0.6 is 0 Å². The molecular weight excluding hydrogens is 439 g/mol. The monoisotopic (exact) mass is 458 g/mol. The van der Waals surface area contributed by atoms with Gasteiger partial charge in [0.05, 0.1) is 9.79 Å². The minimum Gasteiger partial charge on any atom is -0.386 e. The Balaban J connectivity index is 1.95. The number of hydrogen-bond acceptors (Lipinski definition) is 5. The molecule has 8 heteroatoms. The van der Waals surface area contributed by atoms with Crippen molar-refractivity contribution in [3.05, 3.63) is 102 Å². The van der Waals surface area contributed by atoms with Gasteiger partial charge < -0.3 is 5.11 Å². The summed E-state index contributed by atoms with van der Waals surface area (Å²) in [7, 11) is -9.14. The van der Waals surface area contributed by atoms with Gasteiger partial charge in [0.25, 0.3) is 0 Å². The van der Waals surface area contributed by atoms with Crippen molar-refractivity contribution in [2.24, 2.45) is 0 Å². The van der Waals surface area contributed by atoms with E-state index in [9.17, 15) is 26.3 Å². The summed E-state index contributed by atoms with van der Waals surface area (Å²) in [5.41, 5.74) is 0.750. The lowest BCUT2D eigenvalue weighted by Gasteiger charge is -2.32. The third-order valence-corrected chi connectivity index (χ3v) is 11.2. The third kappa shape index (κ3) is 3.31. The Labute approximate surface area is 180 Å². The van der Waals surface area contributed by atoms with E-state index in [1.54, 1.807) is 12.1 Å². The second kappa shape index (κ2) is 7.71. The van der Waals surface area contributed by atoms with Crippen molar-refractivity contribution >= 4 is 25.2 Å². The van der Waals surface area contributed by atoms with Crippen molar-refractivity contribution in [1.82, 2.24) is 0 Å². The Bertz CT molecular complexity index is 1260. The summed E-state index contributed by atoms with van der Waals surface area (Å²) in [5, 5.41) is 11.0. The smallest absolute Gasteiger partial charge is 0.215 e. The first kappa shape index (κ1) is 21.4. The maximum Gasteiger partial charge on any atom is 0.215 e. The predicted molar refractivity (Wildman–Crippen MR) is 115 cm³/mol. The third-order valence-electron chi connectivity index (χ3n) is 5.48. The lowest BCUT2D eigenvalue weighted by molar-refractivity contribution is 0.209. The second-order valence-corrected chi connectivity index (χ2v) is 11.9. The number of benzene rings is 3. The molecule has 0 spiro atoms. The molecule has 0 heterocycles. The lowest BCUT2D eigenvalue weighted by atomic mass is 10.1. The van der Waals surface area contributed by atoms with E-state index >= 15 is 0 Å². The molecule has 0 radical (unpaired) electrons. The van der Waals surface area contributed by atoms with Crippen LogP contribution in [0.5, 0.6) is 0 Å². The zero-order chi connectivity index (χ0) is 22.3. The fourth-order valence-electron chi connectivity index (χ4n) is 3.86. The molecule has 4 rings (SSSR count). The van der Waals surface area contributed by atoms with Crippen LogP contribution in [0, 0.1) is 5.82 Å². The first-order valence-corrected chi connectivity index (χ1v) is 12.4. The van der Waals surface area contributed by atoms with Crippen LogP contribution in [-0.2, 0) is 19.7 Å². The molecule has 3 aromatic carbocycles. The summed E-state index contributed by atoms with van der Waals surface area (Å²) in [5.74, 6) is -0.483. The van der Waals surface area contributed by atoms with Crippen LogP contribution in [0.2, 0.25) is 0 Å². The topological polar surface area (TPSA) is 88.5 Å². The van der Waals surface area contributed by atoms with E-state index in [2.05, 4.69) is 0 Å². The summed E-state index contributed by atoms with van der Waals surface area (Å²) in [4.78, 5) is -0.412. The van der Waals surface area contributed by atoms with Gasteiger partial charge in [-0.25, -0.2) is 21.2 Å². The molecule has 3 aromatic rings. The molecule has 0 amide bonds. The van der Waals surface area contributed by atoms with Crippen LogP contribution in [0.1, 0.15) is 12.0 Å². The van der Waals surface area contributed by atoms with Gasteiger partial charge in [-0.2, -0.15) is 0 Å². The van der Waals surface area contributed by atoms with Crippen LogP contribution in [0.4, 0.5) is 4.39 Å². The molecule has 0 aromatic heterocycles. The SMILES string of the molecule is O=S(=O)(c1ccccc1)C1(S(=O)(=O)c2ccccc2)CC(c2ccc(F)cc2)=CC1O. The highest BCUT2D eigenvalue weighted by atomic mass is 32.3. The number of aliphatic hydroxyl groups excluding tert-OH is 1. The number of aliphatic hydroxyl groups is 1. The summed E-state index contributed by atoms with van der Waals surface area (Å²) in [6.45, 7) is 0. The van der Waals surface area contributed by atoms with Gasteiger partial charge in [0.15, 0.2) is 0 Å². The highest BCUT2D eigenvalue weighted by molar-refractivity contribution is 8.10. The maximum atomic E-state index is 13.8. The van der Waals surface area contributed by atoms with Gasteiger partial charge >= 0.3 is 0 Å². The van der Waals surface area contributed by atoms with Gasteiger partial charge in [0, 0.05) is 6.42 Å². The summed E-state index contributed by atoms with van der Waals surface area (Å²) >= 11 is 0. The standard InChI is InChI=1S/C23H19FO5S2/c24-19-13-11-17(12-14-19)18-15-22(25)23(16-18,30(26,27)20-7-3-1-4-8-20)31(28,29)21-9-5-2-6-10-21/h1-15,22,25H,16H2. The number of hydrogen-bond donors (Lipinski definition) is 1. The first-order valence-electron chi connectivity index (χ1n) is 9.44. The molecule has 1 aliphatic rings. The van der Waals surface area contributed by atoms with Gasteiger partial charge in [0.2, 0.25) is 23.8 Å². The van der Waals surface area contributed by atoms with E-state index in [4.69, 9.17) is 0 Å². The largest absolute Gasteiger partial charge is 0.386 e. The molecule has 0 saturated carbocycles. The van der Waals surface area contributed by atoms with Gasteiger partial charge in [0.1, 0.15) is 11.9 Å². The van der Waals surface area contributed by atoms with Crippen molar-refractivity contribution in [3.8, 4) is 0 Å². The maximum absolute atomic E-state index is 13.8. The van der Waals surface area contributed by atoms with Crippen LogP contribution in [0.3, 0.4) is 0 Å². The van der Waals surface area contributed by atoms with E-state index in [1.165, 1.54) is 78.9 Å². The van der Waals surface area contributed by atoms with Crippen LogP contribution < -0.4 is 0 Å². The van der Waals surface area contributed by atoms with Gasteiger partial charge in [-0.3, -0.25) is 0 Å². The van der Waals surface area contributed by atoms with Crippen molar-refractivity contribution < 1.29 is 26.3 Å². The quantitative estimate of drug-likeness (QED) is 0.631. The average molecular weight is 459 g/mol. The molecule has 5 nitrogen and oxygen atoms in total. The molecule has 0 fully saturated rings. The molecular formula is C23H19FO5S2. The fourth-order valence-corrected chi connectivity index (χ4v) is 8.88. The summed E-state index contributed by atoms with van der Waals surface area (Å²) in [6.07, 6.45) is -1.08. The highest BCUT2D eigenvalue weighted by Crippen LogP contribution is 2.49. The second-order valence-electron chi connectivity index (χ2n) is 7.27. The molecule has 0 saturated heterocycles. The Morgan fingerprint density at radius 1 is 0.742 bits per heavy atom. The normalized spacial score (nSPS) is 18.5. The molecule has 160 valence electrons. The van der Waals surface area contributed by atoms with E-state index in [0.29, 0.717) is 11.1 Å². The molecule has 1 unspecified atom stereocenters. The molecule has 1 aliphatic carbocycles. The van der Waals surface area contributed by atoms with Gasteiger partial charge in [-0.15, -0.1) is 0 Å². The van der Waals surface area contributed by atoms with Crippen LogP contribution in [-0.4, -0.2) is 32.1 Å². The van der Waals surface area contributed by atoms with E-state index in [1.807, 2.05) is 0 Å². The summed E-state index contributed by atoms with van der Waals surface area (Å²) in [6, 6.07) is 19.7. The molecule has 0 bridgehead atoms. The van der Waals surface area contributed by atoms with E-state index < -0.39 is 42.1 Å². The molecule has 1 N–H and O–H groups in total. The Hall–Kier alpha value is -2.81. The minimum atomic E-state index is -4.57. The minimum absolute atomic E-state index is 0.206. The molecule has 31 heavy (non-hydrogen) atoms. The van der Waals surface area contributed by atoms with Crippen molar-refractivity contribution in [3.63, 3.8) is 0 Å². The number of sulfone groups is 2. The van der Waals surface area contributed by atoms with Crippen LogP contribution in [0.15, 0.2) is 101 Å². The van der Waals surface area contributed by atoms with Crippen molar-refractivity contribution in [2.75, 3.05) is 0 Å². The van der Waals surface area contributed by atoms with Crippen LogP contribution in [0.25, 0.3) is 5.57 Å². The number of allylic oxidation sites excluding steroid dienone is 1. The van der Waals surface area contributed by atoms with Gasteiger partial charge in [-0.05, 0) is 53.6 Å². The van der Waals surface area contributed by atoms with E-state index in [-0.39, 0.29) is 9.79 Å². The molecule has 1 atom stereocenters. The zero-order valence-corrected chi connectivity index (χ0v) is 17.9. The number of rotatable bonds is 5.